The van der Waals surface area contributed by atoms with E-state index in [0.29, 0.717) is 10.6 Å². The first-order valence-electron chi connectivity index (χ1n) is 8.17. The second kappa shape index (κ2) is 7.70. The molecule has 1 aromatic rings. The summed E-state index contributed by atoms with van der Waals surface area (Å²) < 4.78 is 0. The summed E-state index contributed by atoms with van der Waals surface area (Å²) in [6, 6.07) is 7.71. The van der Waals surface area contributed by atoms with Crippen LogP contribution in [0.3, 0.4) is 0 Å². The third kappa shape index (κ3) is 4.87. The number of carbonyl (C=O) groups excluding carboxylic acids is 1. The van der Waals surface area contributed by atoms with Gasteiger partial charge in [-0.3, -0.25) is 4.79 Å². The van der Waals surface area contributed by atoms with E-state index in [2.05, 4.69) is 11.4 Å². The maximum absolute atomic E-state index is 12.6. The fourth-order valence-corrected chi connectivity index (χ4v) is 2.92. The van der Waals surface area contributed by atoms with Crippen LogP contribution in [-0.2, 0) is 0 Å². The smallest absolute Gasteiger partial charge is 0.256 e. The van der Waals surface area contributed by atoms with Crippen molar-refractivity contribution in [3.05, 3.63) is 28.8 Å². The van der Waals surface area contributed by atoms with Gasteiger partial charge in [0.25, 0.3) is 5.91 Å². The van der Waals surface area contributed by atoms with Gasteiger partial charge in [-0.2, -0.15) is 5.26 Å². The number of nitrogens with zero attached hydrogens (tertiary/aromatic N) is 2. The van der Waals surface area contributed by atoms with Gasteiger partial charge < -0.3 is 10.2 Å². The fourth-order valence-electron chi connectivity index (χ4n) is 2.75. The second-order valence-corrected chi connectivity index (χ2v) is 7.15. The quantitative estimate of drug-likeness (QED) is 0.789. The topological polar surface area (TPSA) is 56.1 Å². The molecule has 1 aromatic carbocycles. The van der Waals surface area contributed by atoms with Crippen molar-refractivity contribution in [3.63, 3.8) is 0 Å². The summed E-state index contributed by atoms with van der Waals surface area (Å²) >= 11 is 6.07. The van der Waals surface area contributed by atoms with Crippen LogP contribution in [0.2, 0.25) is 5.02 Å². The molecule has 1 N–H and O–H groups in total. The summed E-state index contributed by atoms with van der Waals surface area (Å²) in [4.78, 5) is 14.5. The Kier molecular flexibility index (Phi) is 5.90. The molecular formula is C18H24ClN3O. The zero-order chi connectivity index (χ0) is 16.9. The van der Waals surface area contributed by atoms with Crippen LogP contribution in [0.15, 0.2) is 18.2 Å². The maximum atomic E-state index is 12.6. The van der Waals surface area contributed by atoms with E-state index in [1.54, 1.807) is 12.1 Å². The first-order valence-corrected chi connectivity index (χ1v) is 8.55. The lowest BCUT2D eigenvalue weighted by atomic mass is 9.90. The normalized spacial score (nSPS) is 14.6. The lowest BCUT2D eigenvalue weighted by Gasteiger charge is -2.19. The summed E-state index contributed by atoms with van der Waals surface area (Å²) in [6.07, 6.45) is 3.83. The Hall–Kier alpha value is -1.73. The van der Waals surface area contributed by atoms with Crippen LogP contribution in [0.4, 0.5) is 5.69 Å². The highest BCUT2D eigenvalue weighted by Gasteiger charge is 2.22. The second-order valence-electron chi connectivity index (χ2n) is 6.72. The van der Waals surface area contributed by atoms with Crippen molar-refractivity contribution in [2.45, 2.75) is 39.5 Å². The minimum atomic E-state index is -0.310. The van der Waals surface area contributed by atoms with Crippen molar-refractivity contribution < 1.29 is 4.79 Å². The SMILES string of the molecule is CC(C)(C#N)CCCNc1ccc(Cl)cc1C(=O)N1CCCC1. The van der Waals surface area contributed by atoms with Crippen molar-refractivity contribution in [1.29, 1.82) is 5.26 Å². The van der Waals surface area contributed by atoms with Gasteiger partial charge in [0, 0.05) is 30.3 Å². The highest BCUT2D eigenvalue weighted by molar-refractivity contribution is 6.31. The lowest BCUT2D eigenvalue weighted by molar-refractivity contribution is 0.0793. The molecule has 0 atom stereocenters. The van der Waals surface area contributed by atoms with Gasteiger partial charge in [-0.15, -0.1) is 0 Å². The molecule has 0 aliphatic carbocycles. The molecule has 4 nitrogen and oxygen atoms in total. The van der Waals surface area contributed by atoms with Crippen LogP contribution in [-0.4, -0.2) is 30.4 Å². The van der Waals surface area contributed by atoms with Crippen LogP contribution < -0.4 is 5.32 Å². The molecule has 0 saturated carbocycles. The number of benzene rings is 1. The number of anilines is 1. The van der Waals surface area contributed by atoms with Crippen molar-refractivity contribution in [3.8, 4) is 6.07 Å². The lowest BCUT2D eigenvalue weighted by Crippen LogP contribution is -2.28. The van der Waals surface area contributed by atoms with Gasteiger partial charge >= 0.3 is 0 Å². The molecule has 5 heteroatoms. The Bertz CT molecular complexity index is 601. The number of nitrogens with one attached hydrogen (secondary N) is 1. The van der Waals surface area contributed by atoms with Gasteiger partial charge in [0.1, 0.15) is 0 Å². The molecule has 1 heterocycles. The predicted molar refractivity (Wildman–Crippen MR) is 93.7 cm³/mol. The zero-order valence-electron chi connectivity index (χ0n) is 13.9. The molecular weight excluding hydrogens is 310 g/mol. The third-order valence-electron chi connectivity index (χ3n) is 4.20. The standard InChI is InChI=1S/C18H24ClN3O/c1-18(2,13-20)8-5-9-21-16-7-6-14(19)12-15(16)17(23)22-10-3-4-11-22/h6-7,12,21H,3-5,8-11H2,1-2H3. The molecule has 0 spiro atoms. The largest absolute Gasteiger partial charge is 0.384 e. The molecule has 0 radical (unpaired) electrons. The van der Waals surface area contributed by atoms with E-state index < -0.39 is 0 Å². The average Bonchev–Trinajstić information content (AvgIpc) is 3.06. The van der Waals surface area contributed by atoms with Crippen LogP contribution in [0, 0.1) is 16.7 Å². The third-order valence-corrected chi connectivity index (χ3v) is 4.44. The minimum absolute atomic E-state index is 0.0462. The summed E-state index contributed by atoms with van der Waals surface area (Å²) in [6.45, 7) is 6.25. The number of nitriles is 1. The fraction of sp³-hybridized carbons (Fsp3) is 0.556. The molecule has 0 unspecified atom stereocenters. The number of hydrogen-bond donors (Lipinski definition) is 1. The number of rotatable bonds is 6. The molecule has 1 amide bonds. The van der Waals surface area contributed by atoms with Gasteiger partial charge in [0.15, 0.2) is 0 Å². The van der Waals surface area contributed by atoms with Crippen LogP contribution in [0.1, 0.15) is 49.9 Å². The Morgan fingerprint density at radius 3 is 2.74 bits per heavy atom. The molecule has 1 fully saturated rings. The van der Waals surface area contributed by atoms with E-state index >= 15 is 0 Å². The average molecular weight is 334 g/mol. The van der Waals surface area contributed by atoms with Crippen LogP contribution >= 0.6 is 11.6 Å². The Balaban J connectivity index is 2.01. The van der Waals surface area contributed by atoms with Crippen molar-refractivity contribution in [2.24, 2.45) is 5.41 Å². The molecule has 124 valence electrons. The number of halogens is 1. The van der Waals surface area contributed by atoms with Crippen LogP contribution in [0.25, 0.3) is 0 Å². The molecule has 23 heavy (non-hydrogen) atoms. The molecule has 0 bridgehead atoms. The summed E-state index contributed by atoms with van der Waals surface area (Å²) in [5.41, 5.74) is 1.15. The highest BCUT2D eigenvalue weighted by Crippen LogP contribution is 2.25. The number of amides is 1. The van der Waals surface area contributed by atoms with E-state index in [0.717, 1.165) is 51.0 Å². The predicted octanol–water partition coefficient (Wildman–Crippen LogP) is 4.32. The molecule has 1 aliphatic heterocycles. The van der Waals surface area contributed by atoms with Gasteiger partial charge in [0.2, 0.25) is 0 Å². The summed E-state index contributed by atoms with van der Waals surface area (Å²) in [5, 5.41) is 12.9. The van der Waals surface area contributed by atoms with Crippen molar-refractivity contribution in [1.82, 2.24) is 4.90 Å². The Morgan fingerprint density at radius 1 is 1.39 bits per heavy atom. The molecule has 0 aromatic heterocycles. The number of likely N-dealkylation sites (tertiary alicyclic amines) is 1. The first kappa shape index (κ1) is 17.6. The zero-order valence-corrected chi connectivity index (χ0v) is 14.6. The van der Waals surface area contributed by atoms with Gasteiger partial charge in [0.05, 0.1) is 17.0 Å². The molecule has 1 aliphatic rings. The maximum Gasteiger partial charge on any atom is 0.256 e. The molecule has 1 saturated heterocycles. The number of carbonyl (C=O) groups is 1. The van der Waals surface area contributed by atoms with E-state index in [1.807, 2.05) is 24.8 Å². The monoisotopic (exact) mass is 333 g/mol. The molecule has 2 rings (SSSR count). The van der Waals surface area contributed by atoms with Gasteiger partial charge in [-0.05, 0) is 57.7 Å². The van der Waals surface area contributed by atoms with Crippen LogP contribution in [0.5, 0.6) is 0 Å². The first-order chi connectivity index (χ1) is 10.9. The number of hydrogen-bond acceptors (Lipinski definition) is 3. The van der Waals surface area contributed by atoms with E-state index in [1.165, 1.54) is 0 Å². The van der Waals surface area contributed by atoms with Crippen molar-refractivity contribution in [2.75, 3.05) is 25.0 Å². The summed E-state index contributed by atoms with van der Waals surface area (Å²) in [7, 11) is 0. The highest BCUT2D eigenvalue weighted by atomic mass is 35.5. The van der Waals surface area contributed by atoms with Crippen molar-refractivity contribution >= 4 is 23.2 Å². The van der Waals surface area contributed by atoms with E-state index in [-0.39, 0.29) is 11.3 Å². The Morgan fingerprint density at radius 2 is 2.09 bits per heavy atom. The van der Waals surface area contributed by atoms with E-state index in [9.17, 15) is 4.79 Å². The van der Waals surface area contributed by atoms with Gasteiger partial charge in [-0.1, -0.05) is 11.6 Å². The minimum Gasteiger partial charge on any atom is -0.384 e. The van der Waals surface area contributed by atoms with E-state index in [4.69, 9.17) is 16.9 Å². The van der Waals surface area contributed by atoms with Gasteiger partial charge in [-0.25, -0.2) is 0 Å². The Labute approximate surface area is 143 Å². The summed E-state index contributed by atoms with van der Waals surface area (Å²) in [5.74, 6) is 0.0462.